The summed E-state index contributed by atoms with van der Waals surface area (Å²) in [6, 6.07) is 10.6. The molecular formula is C16H17NO3. The number of aryl methyl sites for hydroxylation is 1. The van der Waals surface area contributed by atoms with Gasteiger partial charge in [0, 0.05) is 11.8 Å². The lowest BCUT2D eigenvalue weighted by molar-refractivity contribution is 0.0696. The van der Waals surface area contributed by atoms with Crippen molar-refractivity contribution in [2.24, 2.45) is 0 Å². The zero-order valence-corrected chi connectivity index (χ0v) is 11.8. The Bertz CT molecular complexity index is 635. The number of aromatic nitrogens is 1. The summed E-state index contributed by atoms with van der Waals surface area (Å²) in [6.45, 7) is 5.89. The number of hydrogen-bond acceptors (Lipinski definition) is 3. The van der Waals surface area contributed by atoms with Crippen molar-refractivity contribution >= 4 is 5.97 Å². The smallest absolute Gasteiger partial charge is 0.335 e. The molecule has 1 N–H and O–H groups in total. The summed E-state index contributed by atoms with van der Waals surface area (Å²) < 4.78 is 5.67. The Kier molecular flexibility index (Phi) is 4.03. The quantitative estimate of drug-likeness (QED) is 0.912. The minimum Gasteiger partial charge on any atom is -0.478 e. The highest BCUT2D eigenvalue weighted by atomic mass is 16.5. The van der Waals surface area contributed by atoms with Crippen molar-refractivity contribution in [1.29, 1.82) is 0 Å². The Morgan fingerprint density at radius 1 is 1.25 bits per heavy atom. The number of ether oxygens (including phenoxy) is 1. The van der Waals surface area contributed by atoms with Crippen LogP contribution in [0.25, 0.3) is 0 Å². The normalized spacial score (nSPS) is 10.6. The standard InChI is InChI=1S/C16H17NO3/c1-10(2)14-8-12(16(18)19)9-15(17-14)20-13-6-4-5-11(3)7-13/h4-10H,1-3H3,(H,18,19). The van der Waals surface area contributed by atoms with Crippen LogP contribution >= 0.6 is 0 Å². The fourth-order valence-electron chi connectivity index (χ4n) is 1.80. The average Bonchev–Trinajstić information content (AvgIpc) is 2.38. The van der Waals surface area contributed by atoms with E-state index in [1.165, 1.54) is 6.07 Å². The maximum Gasteiger partial charge on any atom is 0.335 e. The number of aromatic carboxylic acids is 1. The molecule has 1 aromatic carbocycles. The summed E-state index contributed by atoms with van der Waals surface area (Å²) in [7, 11) is 0. The molecule has 4 nitrogen and oxygen atoms in total. The van der Waals surface area contributed by atoms with E-state index in [-0.39, 0.29) is 11.5 Å². The second-order valence-electron chi connectivity index (χ2n) is 5.00. The van der Waals surface area contributed by atoms with Crippen LogP contribution in [0.5, 0.6) is 11.6 Å². The number of benzene rings is 1. The summed E-state index contributed by atoms with van der Waals surface area (Å²) in [4.78, 5) is 15.5. The molecule has 0 radical (unpaired) electrons. The van der Waals surface area contributed by atoms with E-state index < -0.39 is 5.97 Å². The molecule has 2 rings (SSSR count). The zero-order chi connectivity index (χ0) is 14.7. The Morgan fingerprint density at radius 3 is 2.60 bits per heavy atom. The number of rotatable bonds is 4. The first-order chi connectivity index (χ1) is 9.45. The van der Waals surface area contributed by atoms with Crippen LogP contribution in [0.2, 0.25) is 0 Å². The third-order valence-electron chi connectivity index (χ3n) is 2.87. The molecule has 4 heteroatoms. The van der Waals surface area contributed by atoms with Gasteiger partial charge >= 0.3 is 5.97 Å². The van der Waals surface area contributed by atoms with Gasteiger partial charge in [0.05, 0.1) is 5.56 Å². The van der Waals surface area contributed by atoms with Crippen LogP contribution in [-0.4, -0.2) is 16.1 Å². The van der Waals surface area contributed by atoms with Crippen molar-refractivity contribution in [2.75, 3.05) is 0 Å². The maximum atomic E-state index is 11.2. The van der Waals surface area contributed by atoms with E-state index in [0.717, 1.165) is 5.56 Å². The summed E-state index contributed by atoms with van der Waals surface area (Å²) in [5.74, 6) is 0.103. The molecule has 0 saturated carbocycles. The predicted octanol–water partition coefficient (Wildman–Crippen LogP) is 4.00. The van der Waals surface area contributed by atoms with Gasteiger partial charge in [-0.15, -0.1) is 0 Å². The lowest BCUT2D eigenvalue weighted by atomic mass is 10.1. The molecule has 1 aromatic heterocycles. The van der Waals surface area contributed by atoms with Crippen LogP contribution < -0.4 is 4.74 Å². The highest BCUT2D eigenvalue weighted by molar-refractivity contribution is 5.88. The molecule has 0 unspecified atom stereocenters. The van der Waals surface area contributed by atoms with Crippen molar-refractivity contribution in [3.63, 3.8) is 0 Å². The first kappa shape index (κ1) is 14.1. The number of carboxylic acid groups (broad SMARTS) is 1. The largest absolute Gasteiger partial charge is 0.478 e. The van der Waals surface area contributed by atoms with Crippen LogP contribution in [0.15, 0.2) is 36.4 Å². The van der Waals surface area contributed by atoms with Gasteiger partial charge in [-0.25, -0.2) is 9.78 Å². The number of nitrogens with zero attached hydrogens (tertiary/aromatic N) is 1. The second kappa shape index (κ2) is 5.74. The molecular weight excluding hydrogens is 254 g/mol. The van der Waals surface area contributed by atoms with Gasteiger partial charge in [0.1, 0.15) is 5.75 Å². The number of carboxylic acids is 1. The summed E-state index contributed by atoms with van der Waals surface area (Å²) in [5, 5.41) is 9.14. The van der Waals surface area contributed by atoms with Crippen molar-refractivity contribution in [3.05, 3.63) is 53.2 Å². The van der Waals surface area contributed by atoms with Gasteiger partial charge in [-0.2, -0.15) is 0 Å². The molecule has 0 fully saturated rings. The monoisotopic (exact) mass is 271 g/mol. The van der Waals surface area contributed by atoms with Crippen molar-refractivity contribution in [3.8, 4) is 11.6 Å². The maximum absolute atomic E-state index is 11.2. The topological polar surface area (TPSA) is 59.4 Å². The Hall–Kier alpha value is -2.36. The molecule has 0 aliphatic carbocycles. The van der Waals surface area contributed by atoms with Gasteiger partial charge in [0.2, 0.25) is 5.88 Å². The molecule has 0 amide bonds. The van der Waals surface area contributed by atoms with Gasteiger partial charge < -0.3 is 9.84 Å². The van der Waals surface area contributed by atoms with E-state index in [4.69, 9.17) is 9.84 Å². The Balaban J connectivity index is 2.38. The molecule has 104 valence electrons. The highest BCUT2D eigenvalue weighted by Crippen LogP contribution is 2.24. The third kappa shape index (κ3) is 3.35. The van der Waals surface area contributed by atoms with Gasteiger partial charge in [0.25, 0.3) is 0 Å². The highest BCUT2D eigenvalue weighted by Gasteiger charge is 2.12. The molecule has 0 spiro atoms. The lowest BCUT2D eigenvalue weighted by Gasteiger charge is -2.10. The van der Waals surface area contributed by atoms with Crippen LogP contribution in [0.1, 0.15) is 41.4 Å². The number of hydrogen-bond donors (Lipinski definition) is 1. The summed E-state index contributed by atoms with van der Waals surface area (Å²) >= 11 is 0. The molecule has 0 aliphatic rings. The number of pyridine rings is 1. The Morgan fingerprint density at radius 2 is 2.00 bits per heavy atom. The van der Waals surface area contributed by atoms with Gasteiger partial charge in [-0.05, 0) is 36.6 Å². The van der Waals surface area contributed by atoms with E-state index in [9.17, 15) is 4.79 Å². The van der Waals surface area contributed by atoms with Crippen LogP contribution in [0.4, 0.5) is 0 Å². The summed E-state index contributed by atoms with van der Waals surface area (Å²) in [6.07, 6.45) is 0. The molecule has 0 bridgehead atoms. The second-order valence-corrected chi connectivity index (χ2v) is 5.00. The van der Waals surface area contributed by atoms with E-state index in [0.29, 0.717) is 17.3 Å². The summed E-state index contributed by atoms with van der Waals surface area (Å²) in [5.41, 5.74) is 1.96. The molecule has 0 atom stereocenters. The molecule has 20 heavy (non-hydrogen) atoms. The fraction of sp³-hybridized carbons (Fsp3) is 0.250. The van der Waals surface area contributed by atoms with Gasteiger partial charge in [-0.1, -0.05) is 26.0 Å². The van der Waals surface area contributed by atoms with Crippen molar-refractivity contribution in [1.82, 2.24) is 4.98 Å². The first-order valence-corrected chi connectivity index (χ1v) is 6.45. The minimum absolute atomic E-state index is 0.133. The van der Waals surface area contributed by atoms with E-state index in [1.54, 1.807) is 6.07 Å². The molecule has 0 aliphatic heterocycles. The fourth-order valence-corrected chi connectivity index (χ4v) is 1.80. The number of carbonyl (C=O) groups is 1. The lowest BCUT2D eigenvalue weighted by Crippen LogP contribution is -2.03. The predicted molar refractivity (Wildman–Crippen MR) is 76.5 cm³/mol. The molecule has 0 saturated heterocycles. The molecule has 1 heterocycles. The van der Waals surface area contributed by atoms with E-state index in [2.05, 4.69) is 4.98 Å². The first-order valence-electron chi connectivity index (χ1n) is 6.45. The Labute approximate surface area is 118 Å². The average molecular weight is 271 g/mol. The minimum atomic E-state index is -0.983. The SMILES string of the molecule is Cc1cccc(Oc2cc(C(=O)O)cc(C(C)C)n2)c1. The van der Waals surface area contributed by atoms with Crippen molar-refractivity contribution < 1.29 is 14.6 Å². The molecule has 2 aromatic rings. The van der Waals surface area contributed by atoms with Gasteiger partial charge in [-0.3, -0.25) is 0 Å². The van der Waals surface area contributed by atoms with Gasteiger partial charge in [0.15, 0.2) is 0 Å². The van der Waals surface area contributed by atoms with Crippen LogP contribution in [0.3, 0.4) is 0 Å². The van der Waals surface area contributed by atoms with Crippen LogP contribution in [0, 0.1) is 6.92 Å². The van der Waals surface area contributed by atoms with E-state index >= 15 is 0 Å². The van der Waals surface area contributed by atoms with Crippen LogP contribution in [-0.2, 0) is 0 Å². The third-order valence-corrected chi connectivity index (χ3v) is 2.87. The van der Waals surface area contributed by atoms with Crippen molar-refractivity contribution in [2.45, 2.75) is 26.7 Å². The zero-order valence-electron chi connectivity index (χ0n) is 11.8. The van der Waals surface area contributed by atoms with E-state index in [1.807, 2.05) is 45.0 Å².